The average molecular weight is 246 g/mol. The van der Waals surface area contributed by atoms with Crippen molar-refractivity contribution in [3.8, 4) is 0 Å². The van der Waals surface area contributed by atoms with Gasteiger partial charge in [0.2, 0.25) is 0 Å². The Morgan fingerprint density at radius 3 is 2.56 bits per heavy atom. The van der Waals surface area contributed by atoms with E-state index in [4.69, 9.17) is 0 Å². The van der Waals surface area contributed by atoms with Crippen LogP contribution in [0.4, 0.5) is 0 Å². The van der Waals surface area contributed by atoms with Crippen LogP contribution in [0.15, 0.2) is 18.5 Å². The predicted molar refractivity (Wildman–Crippen MR) is 76.6 cm³/mol. The third-order valence-electron chi connectivity index (χ3n) is 4.55. The van der Waals surface area contributed by atoms with E-state index in [1.807, 2.05) is 6.20 Å². The molecule has 0 spiro atoms. The highest BCUT2D eigenvalue weighted by Gasteiger charge is 2.40. The Bertz CT molecular complexity index is 380. The summed E-state index contributed by atoms with van der Waals surface area (Å²) in [5.74, 6) is 0. The first-order chi connectivity index (χ1) is 8.72. The van der Waals surface area contributed by atoms with E-state index in [1.165, 1.54) is 43.2 Å². The van der Waals surface area contributed by atoms with Gasteiger partial charge in [-0.2, -0.15) is 0 Å². The second-order valence-corrected chi connectivity index (χ2v) is 5.71. The topological polar surface area (TPSA) is 24.9 Å². The Balaban J connectivity index is 2.32. The second-order valence-electron chi connectivity index (χ2n) is 5.71. The number of nitrogens with one attached hydrogen (secondary N) is 1. The molecule has 0 bridgehead atoms. The molecule has 2 heteroatoms. The summed E-state index contributed by atoms with van der Waals surface area (Å²) in [4.78, 5) is 4.38. The molecule has 18 heavy (non-hydrogen) atoms. The van der Waals surface area contributed by atoms with Gasteiger partial charge >= 0.3 is 0 Å². The standard InChI is InChI=1S/C16H26N2/c1-4-16(8-6-7-9-16)15(18-5-2)14-10-13(3)11-17-12-14/h10-12,15,18H,4-9H2,1-3H3. The number of hydrogen-bond donors (Lipinski definition) is 1. The molecule has 1 aliphatic rings. The van der Waals surface area contributed by atoms with Crippen molar-refractivity contribution < 1.29 is 0 Å². The highest BCUT2D eigenvalue weighted by molar-refractivity contribution is 5.23. The van der Waals surface area contributed by atoms with Crippen molar-refractivity contribution in [1.82, 2.24) is 10.3 Å². The van der Waals surface area contributed by atoms with Gasteiger partial charge in [0.25, 0.3) is 0 Å². The molecule has 1 aromatic rings. The zero-order chi connectivity index (χ0) is 13.0. The van der Waals surface area contributed by atoms with Gasteiger partial charge in [0.05, 0.1) is 0 Å². The molecule has 0 amide bonds. The lowest BCUT2D eigenvalue weighted by atomic mass is 9.73. The van der Waals surface area contributed by atoms with Gasteiger partial charge < -0.3 is 5.32 Å². The maximum atomic E-state index is 4.38. The summed E-state index contributed by atoms with van der Waals surface area (Å²) in [5.41, 5.74) is 3.09. The molecule has 1 fully saturated rings. The molecule has 2 rings (SSSR count). The zero-order valence-corrected chi connectivity index (χ0v) is 12.0. The zero-order valence-electron chi connectivity index (χ0n) is 12.0. The summed E-state index contributed by atoms with van der Waals surface area (Å²) in [7, 11) is 0. The summed E-state index contributed by atoms with van der Waals surface area (Å²) in [5, 5.41) is 3.72. The first-order valence-corrected chi connectivity index (χ1v) is 7.37. The smallest absolute Gasteiger partial charge is 0.0392 e. The normalized spacial score (nSPS) is 19.9. The summed E-state index contributed by atoms with van der Waals surface area (Å²) >= 11 is 0. The molecule has 0 aliphatic heterocycles. The molecule has 1 atom stereocenters. The quantitative estimate of drug-likeness (QED) is 0.849. The van der Waals surface area contributed by atoms with Gasteiger partial charge in [0.15, 0.2) is 0 Å². The first kappa shape index (κ1) is 13.5. The van der Waals surface area contributed by atoms with Crippen molar-refractivity contribution in [3.05, 3.63) is 29.6 Å². The van der Waals surface area contributed by atoms with Crippen LogP contribution < -0.4 is 5.32 Å². The van der Waals surface area contributed by atoms with Crippen LogP contribution in [0.5, 0.6) is 0 Å². The van der Waals surface area contributed by atoms with E-state index in [0.717, 1.165) is 6.54 Å². The molecule has 100 valence electrons. The summed E-state index contributed by atoms with van der Waals surface area (Å²) in [6.07, 6.45) is 10.7. The molecule has 1 saturated carbocycles. The molecule has 0 radical (unpaired) electrons. The van der Waals surface area contributed by atoms with Gasteiger partial charge in [-0.3, -0.25) is 4.98 Å². The van der Waals surface area contributed by atoms with Crippen molar-refractivity contribution in [3.63, 3.8) is 0 Å². The largest absolute Gasteiger partial charge is 0.310 e. The minimum Gasteiger partial charge on any atom is -0.310 e. The van der Waals surface area contributed by atoms with Crippen LogP contribution in [0.25, 0.3) is 0 Å². The maximum Gasteiger partial charge on any atom is 0.0392 e. The lowest BCUT2D eigenvalue weighted by Crippen LogP contribution is -2.36. The first-order valence-electron chi connectivity index (χ1n) is 7.37. The molecular formula is C16H26N2. The number of aromatic nitrogens is 1. The lowest BCUT2D eigenvalue weighted by Gasteiger charge is -2.38. The minimum absolute atomic E-state index is 0.450. The minimum atomic E-state index is 0.450. The Morgan fingerprint density at radius 1 is 1.28 bits per heavy atom. The molecule has 1 aliphatic carbocycles. The molecular weight excluding hydrogens is 220 g/mol. The molecule has 0 saturated heterocycles. The Hall–Kier alpha value is -0.890. The molecule has 1 heterocycles. The molecule has 1 aromatic heterocycles. The fourth-order valence-corrected chi connectivity index (χ4v) is 3.55. The Kier molecular flexibility index (Phi) is 4.39. The Morgan fingerprint density at radius 2 is 2.00 bits per heavy atom. The van der Waals surface area contributed by atoms with E-state index in [0.29, 0.717) is 11.5 Å². The SMILES string of the molecule is CCNC(c1cncc(C)c1)C1(CC)CCCC1. The van der Waals surface area contributed by atoms with Gasteiger partial charge in [-0.1, -0.05) is 32.8 Å². The molecule has 1 unspecified atom stereocenters. The van der Waals surface area contributed by atoms with Crippen molar-refractivity contribution >= 4 is 0 Å². The van der Waals surface area contributed by atoms with E-state index in [9.17, 15) is 0 Å². The lowest BCUT2D eigenvalue weighted by molar-refractivity contribution is 0.188. The van der Waals surface area contributed by atoms with E-state index < -0.39 is 0 Å². The van der Waals surface area contributed by atoms with Crippen LogP contribution in [0, 0.1) is 12.3 Å². The summed E-state index contributed by atoms with van der Waals surface area (Å²) < 4.78 is 0. The maximum absolute atomic E-state index is 4.38. The third kappa shape index (κ3) is 2.59. The fourth-order valence-electron chi connectivity index (χ4n) is 3.55. The number of rotatable bonds is 5. The number of hydrogen-bond acceptors (Lipinski definition) is 2. The highest BCUT2D eigenvalue weighted by Crippen LogP contribution is 2.49. The summed E-state index contributed by atoms with van der Waals surface area (Å²) in [6, 6.07) is 2.78. The van der Waals surface area contributed by atoms with E-state index in [1.54, 1.807) is 0 Å². The second kappa shape index (κ2) is 5.83. The molecule has 2 nitrogen and oxygen atoms in total. The van der Waals surface area contributed by atoms with Crippen LogP contribution in [-0.4, -0.2) is 11.5 Å². The van der Waals surface area contributed by atoms with Crippen LogP contribution in [0.2, 0.25) is 0 Å². The van der Waals surface area contributed by atoms with Gasteiger partial charge in [-0.25, -0.2) is 0 Å². The van der Waals surface area contributed by atoms with Crippen LogP contribution >= 0.6 is 0 Å². The number of aryl methyl sites for hydroxylation is 1. The monoisotopic (exact) mass is 246 g/mol. The van der Waals surface area contributed by atoms with E-state index in [-0.39, 0.29) is 0 Å². The fraction of sp³-hybridized carbons (Fsp3) is 0.688. The predicted octanol–water partition coefficient (Wildman–Crippen LogP) is 4.01. The number of nitrogens with zero attached hydrogens (tertiary/aromatic N) is 1. The Labute approximate surface area is 111 Å². The highest BCUT2D eigenvalue weighted by atomic mass is 14.9. The van der Waals surface area contributed by atoms with Crippen LogP contribution in [0.1, 0.15) is 63.1 Å². The van der Waals surface area contributed by atoms with Crippen molar-refractivity contribution in [2.45, 2.75) is 58.9 Å². The van der Waals surface area contributed by atoms with Crippen molar-refractivity contribution in [2.24, 2.45) is 5.41 Å². The van der Waals surface area contributed by atoms with Crippen molar-refractivity contribution in [1.29, 1.82) is 0 Å². The van der Waals surface area contributed by atoms with Gasteiger partial charge in [-0.05, 0) is 49.3 Å². The van der Waals surface area contributed by atoms with Gasteiger partial charge in [0.1, 0.15) is 0 Å². The van der Waals surface area contributed by atoms with Crippen LogP contribution in [-0.2, 0) is 0 Å². The van der Waals surface area contributed by atoms with Gasteiger partial charge in [-0.15, -0.1) is 0 Å². The molecule has 1 N–H and O–H groups in total. The van der Waals surface area contributed by atoms with Crippen LogP contribution in [0.3, 0.4) is 0 Å². The van der Waals surface area contributed by atoms with Gasteiger partial charge in [0, 0.05) is 18.4 Å². The van der Waals surface area contributed by atoms with E-state index in [2.05, 4.69) is 43.3 Å². The van der Waals surface area contributed by atoms with E-state index >= 15 is 0 Å². The third-order valence-corrected chi connectivity index (χ3v) is 4.55. The van der Waals surface area contributed by atoms with Crippen molar-refractivity contribution in [2.75, 3.05) is 6.54 Å². The summed E-state index contributed by atoms with van der Waals surface area (Å²) in [6.45, 7) is 7.71. The molecule has 0 aromatic carbocycles. The average Bonchev–Trinajstić information content (AvgIpc) is 2.85. The number of pyridine rings is 1.